The molecule has 0 aliphatic carbocycles. The molecule has 0 bridgehead atoms. The van der Waals surface area contributed by atoms with Gasteiger partial charge in [0.1, 0.15) is 6.07 Å². The van der Waals surface area contributed by atoms with Gasteiger partial charge < -0.3 is 10.8 Å². The number of hydrogen-bond acceptors (Lipinski definition) is 3. The van der Waals surface area contributed by atoms with Gasteiger partial charge in [-0.3, -0.25) is 0 Å². The van der Waals surface area contributed by atoms with E-state index >= 15 is 0 Å². The van der Waals surface area contributed by atoms with Gasteiger partial charge in [-0.05, 0) is 12.0 Å². The molecule has 16 heavy (non-hydrogen) atoms. The van der Waals surface area contributed by atoms with E-state index < -0.39 is 11.5 Å². The first-order valence-corrected chi connectivity index (χ1v) is 4.83. The van der Waals surface area contributed by atoms with Crippen molar-refractivity contribution in [3.8, 4) is 6.07 Å². The summed E-state index contributed by atoms with van der Waals surface area (Å²) in [4.78, 5) is 10.8. The first-order valence-electron chi connectivity index (χ1n) is 4.83. The lowest BCUT2D eigenvalue weighted by Crippen LogP contribution is -2.09. The number of nitrogens with zero attached hydrogens (tertiary/aromatic N) is 1. The minimum Gasteiger partial charge on any atom is -0.477 e. The molecular weight excluding hydrogens is 204 g/mol. The topological polar surface area (TPSA) is 87.1 Å². The van der Waals surface area contributed by atoms with E-state index in [1.165, 1.54) is 0 Å². The van der Waals surface area contributed by atoms with E-state index in [1.54, 1.807) is 18.2 Å². The largest absolute Gasteiger partial charge is 0.477 e. The van der Waals surface area contributed by atoms with Crippen molar-refractivity contribution in [3.05, 3.63) is 41.0 Å². The second-order valence-corrected chi connectivity index (χ2v) is 3.22. The molecule has 0 saturated carbocycles. The minimum absolute atomic E-state index is 0.0208. The fraction of sp³-hybridized carbons (Fsp3) is 0.167. The van der Waals surface area contributed by atoms with E-state index in [-0.39, 0.29) is 5.70 Å². The Morgan fingerprint density at radius 1 is 1.50 bits per heavy atom. The standard InChI is InChI=1S/C12H12N2O2/c1-2-8-5-3-4-6-9(8)11(14)10(7-13)12(15)16/h3-6H,2,14H2,1H3,(H,15,16). The predicted octanol–water partition coefficient (Wildman–Crippen LogP) is 1.53. The van der Waals surface area contributed by atoms with Crippen LogP contribution >= 0.6 is 0 Å². The molecule has 1 aromatic rings. The first-order chi connectivity index (χ1) is 7.61. The molecule has 0 amide bonds. The van der Waals surface area contributed by atoms with E-state index in [1.807, 2.05) is 19.1 Å². The number of aliphatic carboxylic acids is 1. The van der Waals surface area contributed by atoms with Crippen molar-refractivity contribution in [2.75, 3.05) is 0 Å². The molecule has 0 aliphatic heterocycles. The highest BCUT2D eigenvalue weighted by molar-refractivity contribution is 6.00. The normalized spacial score (nSPS) is 11.5. The summed E-state index contributed by atoms with van der Waals surface area (Å²) in [7, 11) is 0. The molecule has 1 aromatic carbocycles. The molecule has 0 heterocycles. The van der Waals surface area contributed by atoms with Crippen LogP contribution in [-0.4, -0.2) is 11.1 Å². The molecule has 1 rings (SSSR count). The maximum atomic E-state index is 10.8. The molecule has 82 valence electrons. The second-order valence-electron chi connectivity index (χ2n) is 3.22. The number of rotatable bonds is 3. The third-order valence-corrected chi connectivity index (χ3v) is 2.28. The maximum absolute atomic E-state index is 10.8. The van der Waals surface area contributed by atoms with Crippen molar-refractivity contribution in [1.29, 1.82) is 5.26 Å². The van der Waals surface area contributed by atoms with Gasteiger partial charge in [0.2, 0.25) is 0 Å². The molecular formula is C12H12N2O2. The highest BCUT2D eigenvalue weighted by Gasteiger charge is 2.14. The summed E-state index contributed by atoms with van der Waals surface area (Å²) < 4.78 is 0. The van der Waals surface area contributed by atoms with Crippen LogP contribution in [0.1, 0.15) is 18.1 Å². The summed E-state index contributed by atoms with van der Waals surface area (Å²) >= 11 is 0. The van der Waals surface area contributed by atoms with Gasteiger partial charge in [0, 0.05) is 5.56 Å². The minimum atomic E-state index is -1.30. The van der Waals surface area contributed by atoms with Crippen molar-refractivity contribution in [3.63, 3.8) is 0 Å². The fourth-order valence-corrected chi connectivity index (χ4v) is 1.45. The van der Waals surface area contributed by atoms with Crippen molar-refractivity contribution >= 4 is 11.7 Å². The Kier molecular flexibility index (Phi) is 3.67. The Labute approximate surface area is 93.6 Å². The average molecular weight is 216 g/mol. The molecule has 0 spiro atoms. The molecule has 0 atom stereocenters. The first kappa shape index (κ1) is 11.8. The lowest BCUT2D eigenvalue weighted by molar-refractivity contribution is -0.132. The average Bonchev–Trinajstić information content (AvgIpc) is 2.29. The number of nitriles is 1. The van der Waals surface area contributed by atoms with Gasteiger partial charge >= 0.3 is 5.97 Å². The van der Waals surface area contributed by atoms with Gasteiger partial charge in [0.15, 0.2) is 5.57 Å². The number of carboxylic acid groups (broad SMARTS) is 1. The second kappa shape index (κ2) is 4.99. The molecule has 0 unspecified atom stereocenters. The molecule has 0 aliphatic rings. The lowest BCUT2D eigenvalue weighted by atomic mass is 10.00. The Hall–Kier alpha value is -2.28. The van der Waals surface area contributed by atoms with Gasteiger partial charge in [-0.1, -0.05) is 31.2 Å². The zero-order chi connectivity index (χ0) is 12.1. The summed E-state index contributed by atoms with van der Waals surface area (Å²) in [6.07, 6.45) is 0.731. The highest BCUT2D eigenvalue weighted by atomic mass is 16.4. The van der Waals surface area contributed by atoms with Crippen molar-refractivity contribution < 1.29 is 9.90 Å². The zero-order valence-electron chi connectivity index (χ0n) is 8.90. The Morgan fingerprint density at radius 3 is 2.62 bits per heavy atom. The van der Waals surface area contributed by atoms with Crippen LogP contribution < -0.4 is 5.73 Å². The van der Waals surface area contributed by atoms with E-state index in [0.29, 0.717) is 5.56 Å². The smallest absolute Gasteiger partial charge is 0.348 e. The van der Waals surface area contributed by atoms with Gasteiger partial charge in [0.25, 0.3) is 0 Å². The van der Waals surface area contributed by atoms with E-state index in [4.69, 9.17) is 16.1 Å². The Morgan fingerprint density at radius 2 is 2.12 bits per heavy atom. The molecule has 4 nitrogen and oxygen atoms in total. The summed E-state index contributed by atoms with van der Waals surface area (Å²) in [6, 6.07) is 8.79. The highest BCUT2D eigenvalue weighted by Crippen LogP contribution is 2.18. The summed E-state index contributed by atoms with van der Waals surface area (Å²) in [5.41, 5.74) is 6.85. The molecule has 0 saturated heterocycles. The van der Waals surface area contributed by atoms with Crippen molar-refractivity contribution in [2.45, 2.75) is 13.3 Å². The van der Waals surface area contributed by atoms with Crippen LogP contribution in [0.25, 0.3) is 5.70 Å². The number of nitrogens with two attached hydrogens (primary N) is 1. The number of aryl methyl sites for hydroxylation is 1. The van der Waals surface area contributed by atoms with E-state index in [0.717, 1.165) is 12.0 Å². The number of carboxylic acids is 1. The molecule has 0 aromatic heterocycles. The summed E-state index contributed by atoms with van der Waals surface area (Å²) in [5, 5.41) is 17.5. The summed E-state index contributed by atoms with van der Waals surface area (Å²) in [6.45, 7) is 1.94. The zero-order valence-corrected chi connectivity index (χ0v) is 8.90. The molecule has 4 heteroatoms. The maximum Gasteiger partial charge on any atom is 0.348 e. The van der Waals surface area contributed by atoms with Crippen LogP contribution in [0, 0.1) is 11.3 Å². The third-order valence-electron chi connectivity index (χ3n) is 2.28. The van der Waals surface area contributed by atoms with Crippen LogP contribution in [0.4, 0.5) is 0 Å². The SMILES string of the molecule is CCc1ccccc1C(N)=C(C#N)C(=O)O. The molecule has 0 radical (unpaired) electrons. The third kappa shape index (κ3) is 2.20. The number of carbonyl (C=O) groups is 1. The van der Waals surface area contributed by atoms with Crippen LogP contribution in [0.15, 0.2) is 29.8 Å². The van der Waals surface area contributed by atoms with Gasteiger partial charge in [-0.15, -0.1) is 0 Å². The fourth-order valence-electron chi connectivity index (χ4n) is 1.45. The van der Waals surface area contributed by atoms with E-state index in [9.17, 15) is 4.79 Å². The Bertz CT molecular complexity index is 484. The van der Waals surface area contributed by atoms with Gasteiger partial charge in [-0.2, -0.15) is 5.26 Å². The van der Waals surface area contributed by atoms with E-state index in [2.05, 4.69) is 0 Å². The quantitative estimate of drug-likeness (QED) is 0.592. The van der Waals surface area contributed by atoms with Gasteiger partial charge in [-0.25, -0.2) is 4.79 Å². The lowest BCUT2D eigenvalue weighted by Gasteiger charge is -2.08. The van der Waals surface area contributed by atoms with Crippen LogP contribution in [0.2, 0.25) is 0 Å². The Balaban J connectivity index is 3.39. The van der Waals surface area contributed by atoms with Crippen molar-refractivity contribution in [2.24, 2.45) is 5.73 Å². The molecule has 0 fully saturated rings. The number of hydrogen-bond donors (Lipinski definition) is 2. The van der Waals surface area contributed by atoms with Crippen molar-refractivity contribution in [1.82, 2.24) is 0 Å². The predicted molar refractivity (Wildman–Crippen MR) is 60.2 cm³/mol. The summed E-state index contributed by atoms with van der Waals surface area (Å²) in [5.74, 6) is -1.30. The van der Waals surface area contributed by atoms with Crippen LogP contribution in [-0.2, 0) is 11.2 Å². The number of benzene rings is 1. The monoisotopic (exact) mass is 216 g/mol. The van der Waals surface area contributed by atoms with Crippen LogP contribution in [0.5, 0.6) is 0 Å². The van der Waals surface area contributed by atoms with Crippen LogP contribution in [0.3, 0.4) is 0 Å². The van der Waals surface area contributed by atoms with Gasteiger partial charge in [0.05, 0.1) is 5.70 Å². The molecule has 3 N–H and O–H groups in total.